The highest BCUT2D eigenvalue weighted by Crippen LogP contribution is 2.42. The first-order valence-electron chi connectivity index (χ1n) is 13.2. The van der Waals surface area contributed by atoms with Crippen molar-refractivity contribution in [3.8, 4) is 0 Å². The summed E-state index contributed by atoms with van der Waals surface area (Å²) >= 11 is 0. The average Bonchev–Trinajstić information content (AvgIpc) is 3.20. The van der Waals surface area contributed by atoms with Crippen molar-refractivity contribution in [3.63, 3.8) is 0 Å². The highest BCUT2D eigenvalue weighted by molar-refractivity contribution is 5.74. The van der Waals surface area contributed by atoms with Crippen molar-refractivity contribution in [2.45, 2.75) is 87.5 Å². The van der Waals surface area contributed by atoms with E-state index in [2.05, 4.69) is 103 Å². The van der Waals surface area contributed by atoms with Crippen LogP contribution in [0.5, 0.6) is 0 Å². The van der Waals surface area contributed by atoms with Crippen LogP contribution in [0, 0.1) is 25.1 Å². The van der Waals surface area contributed by atoms with Crippen LogP contribution in [0.4, 0.5) is 10.1 Å². The molecule has 1 N–H and O–H groups in total. The third kappa shape index (κ3) is 13.6. The van der Waals surface area contributed by atoms with Gasteiger partial charge in [0, 0.05) is 30.6 Å². The summed E-state index contributed by atoms with van der Waals surface area (Å²) in [6.45, 7) is 28.6. The molecule has 2 aromatic rings. The van der Waals surface area contributed by atoms with Gasteiger partial charge in [0.05, 0.1) is 0 Å². The summed E-state index contributed by atoms with van der Waals surface area (Å²) in [5.74, 6) is 0.206. The monoisotopic (exact) mass is 500 g/mol. The molecule has 3 rings (SSSR count). The highest BCUT2D eigenvalue weighted by Gasteiger charge is 2.35. The van der Waals surface area contributed by atoms with Crippen molar-refractivity contribution in [3.05, 3.63) is 77.6 Å². The largest absolute Gasteiger partial charge is 0.328 e. The minimum Gasteiger partial charge on any atom is -0.328 e. The van der Waals surface area contributed by atoms with Gasteiger partial charge < -0.3 is 10.2 Å². The molecule has 204 valence electrons. The number of carbonyl (C=O) groups is 1. The van der Waals surface area contributed by atoms with E-state index in [1.54, 1.807) is 19.1 Å². The highest BCUT2D eigenvalue weighted by atomic mass is 19.1. The molecule has 0 spiro atoms. The van der Waals surface area contributed by atoms with Gasteiger partial charge in [0.2, 0.25) is 6.41 Å². The second-order valence-electron chi connectivity index (χ2n) is 10.5. The lowest BCUT2D eigenvalue weighted by Gasteiger charge is -2.23. The fourth-order valence-corrected chi connectivity index (χ4v) is 3.75. The van der Waals surface area contributed by atoms with Gasteiger partial charge >= 0.3 is 0 Å². The zero-order valence-electron chi connectivity index (χ0n) is 25.0. The van der Waals surface area contributed by atoms with Crippen LogP contribution in [-0.4, -0.2) is 31.4 Å². The fourth-order valence-electron chi connectivity index (χ4n) is 3.75. The molecule has 1 saturated heterocycles. The van der Waals surface area contributed by atoms with Crippen molar-refractivity contribution in [1.29, 1.82) is 0 Å². The Hall–Kier alpha value is -2.46. The first-order valence-corrected chi connectivity index (χ1v) is 13.2. The number of anilines is 1. The summed E-state index contributed by atoms with van der Waals surface area (Å²) in [6.07, 6.45) is 1.91. The summed E-state index contributed by atoms with van der Waals surface area (Å²) in [6, 6.07) is 11.8. The van der Waals surface area contributed by atoms with E-state index in [1.165, 1.54) is 17.5 Å². The summed E-state index contributed by atoms with van der Waals surface area (Å²) in [5.41, 5.74) is 5.12. The minimum absolute atomic E-state index is 0.148. The number of hydrogen-bond donors (Lipinski definition) is 1. The lowest BCUT2D eigenvalue weighted by molar-refractivity contribution is -0.105. The van der Waals surface area contributed by atoms with Gasteiger partial charge in [0.1, 0.15) is 5.82 Å². The smallest absolute Gasteiger partial charge is 0.211 e. The Balaban J connectivity index is 0. The van der Waals surface area contributed by atoms with Crippen LogP contribution < -0.4 is 5.32 Å². The molecule has 0 bridgehead atoms. The summed E-state index contributed by atoms with van der Waals surface area (Å²) < 4.78 is 14.2. The van der Waals surface area contributed by atoms with Gasteiger partial charge in [-0.3, -0.25) is 4.79 Å². The van der Waals surface area contributed by atoms with Crippen molar-refractivity contribution >= 4 is 12.1 Å². The normalized spacial score (nSPS) is 16.4. The molecule has 36 heavy (non-hydrogen) atoms. The SMILES string of the molecule is C=C.CC.CC(C)(C)C.CCC.Cc1cccc(C2CN(C)CC2c2cc(F)c(C)cc2NC=O)c1. The maximum absolute atomic E-state index is 14.2. The van der Waals surface area contributed by atoms with Crippen LogP contribution in [0.3, 0.4) is 0 Å². The molecule has 4 heteroatoms. The maximum atomic E-state index is 14.2. The summed E-state index contributed by atoms with van der Waals surface area (Å²) in [4.78, 5) is 13.2. The number of hydrogen-bond acceptors (Lipinski definition) is 2. The summed E-state index contributed by atoms with van der Waals surface area (Å²) in [5, 5.41) is 2.75. The molecule has 1 heterocycles. The lowest BCUT2D eigenvalue weighted by Crippen LogP contribution is -2.14. The van der Waals surface area contributed by atoms with Crippen LogP contribution in [0.25, 0.3) is 0 Å². The molecule has 1 aliphatic heterocycles. The first kappa shape index (κ1) is 35.7. The Morgan fingerprint density at radius 3 is 2.00 bits per heavy atom. The van der Waals surface area contributed by atoms with Crippen LogP contribution in [0.1, 0.15) is 95.9 Å². The van der Waals surface area contributed by atoms with Crippen molar-refractivity contribution in [2.24, 2.45) is 5.41 Å². The minimum atomic E-state index is -0.223. The third-order valence-electron chi connectivity index (χ3n) is 4.92. The van der Waals surface area contributed by atoms with Gasteiger partial charge in [-0.05, 0) is 55.1 Å². The average molecular weight is 501 g/mol. The quantitative estimate of drug-likeness (QED) is 0.335. The number of halogens is 1. The molecule has 3 nitrogen and oxygen atoms in total. The van der Waals surface area contributed by atoms with E-state index in [4.69, 9.17) is 0 Å². The van der Waals surface area contributed by atoms with Gasteiger partial charge in [0.25, 0.3) is 0 Å². The molecule has 1 aliphatic rings. The summed E-state index contributed by atoms with van der Waals surface area (Å²) in [7, 11) is 2.08. The van der Waals surface area contributed by atoms with Crippen molar-refractivity contribution < 1.29 is 9.18 Å². The molecule has 0 radical (unpaired) electrons. The van der Waals surface area contributed by atoms with E-state index >= 15 is 0 Å². The predicted molar refractivity (Wildman–Crippen MR) is 159 cm³/mol. The standard InChI is InChI=1S/C20H23FN2O.C5H12.C3H8.C2H6.C2H4/c1-13-5-4-6-15(7-13)17-10-23(3)11-18(17)16-9-19(21)14(2)8-20(16)22-12-24;1-5(2,3)4;1-3-2;2*1-2/h4-9,12,17-18H,10-11H2,1-3H3,(H,22,24);1-4H3;3H2,1-2H3;1-2H3;1-2H2. The number of likely N-dealkylation sites (tertiary alicyclic amines) is 1. The number of benzene rings is 2. The number of likely N-dealkylation sites (N-methyl/N-ethyl adjacent to an activating group) is 1. The van der Waals surface area contributed by atoms with Gasteiger partial charge in [-0.2, -0.15) is 0 Å². The predicted octanol–water partition coefficient (Wildman–Crippen LogP) is 9.12. The van der Waals surface area contributed by atoms with Gasteiger partial charge in [-0.15, -0.1) is 13.2 Å². The Morgan fingerprint density at radius 1 is 1.03 bits per heavy atom. The first-order chi connectivity index (χ1) is 16.9. The molecule has 1 amide bonds. The maximum Gasteiger partial charge on any atom is 0.211 e. The van der Waals surface area contributed by atoms with E-state index in [-0.39, 0.29) is 17.7 Å². The van der Waals surface area contributed by atoms with Gasteiger partial charge in [-0.25, -0.2) is 4.39 Å². The molecule has 2 aromatic carbocycles. The number of rotatable bonds is 4. The number of carbonyl (C=O) groups excluding carboxylic acids is 1. The molecular weight excluding hydrogens is 447 g/mol. The molecule has 0 saturated carbocycles. The Bertz CT molecular complexity index is 867. The Labute approximate surface area is 222 Å². The van der Waals surface area contributed by atoms with Crippen molar-refractivity contribution in [1.82, 2.24) is 4.90 Å². The Kier molecular flexibility index (Phi) is 18.6. The molecule has 2 atom stereocenters. The number of amides is 1. The second kappa shape index (κ2) is 18.8. The molecule has 0 aromatic heterocycles. The number of nitrogens with zero attached hydrogens (tertiary/aromatic N) is 1. The van der Waals surface area contributed by atoms with Crippen LogP contribution in [-0.2, 0) is 4.79 Å². The van der Waals surface area contributed by atoms with E-state index in [0.717, 1.165) is 18.7 Å². The van der Waals surface area contributed by atoms with E-state index in [1.807, 2.05) is 13.8 Å². The molecule has 0 aliphatic carbocycles. The fraction of sp³-hybridized carbons (Fsp3) is 0.531. The Morgan fingerprint density at radius 2 is 1.53 bits per heavy atom. The van der Waals surface area contributed by atoms with Crippen molar-refractivity contribution in [2.75, 3.05) is 25.5 Å². The lowest BCUT2D eigenvalue weighted by atomic mass is 9.82. The zero-order valence-corrected chi connectivity index (χ0v) is 25.0. The van der Waals surface area contributed by atoms with Gasteiger partial charge in [0.15, 0.2) is 0 Å². The number of nitrogens with one attached hydrogen (secondary N) is 1. The molecular formula is C32H53FN2O. The van der Waals surface area contributed by atoms with E-state index < -0.39 is 0 Å². The van der Waals surface area contributed by atoms with Gasteiger partial charge in [-0.1, -0.05) is 91.6 Å². The molecule has 2 unspecified atom stereocenters. The topological polar surface area (TPSA) is 32.3 Å². The van der Waals surface area contributed by atoms with Crippen LogP contribution in [0.15, 0.2) is 49.6 Å². The van der Waals surface area contributed by atoms with E-state index in [9.17, 15) is 9.18 Å². The third-order valence-corrected chi connectivity index (χ3v) is 4.92. The number of aryl methyl sites for hydroxylation is 2. The second-order valence-corrected chi connectivity index (χ2v) is 10.5. The van der Waals surface area contributed by atoms with E-state index in [0.29, 0.717) is 23.1 Å². The van der Waals surface area contributed by atoms with Crippen LogP contribution in [0.2, 0.25) is 0 Å². The molecule has 1 fully saturated rings. The zero-order chi connectivity index (χ0) is 28.5. The van der Waals surface area contributed by atoms with Crippen LogP contribution >= 0.6 is 0 Å².